The summed E-state index contributed by atoms with van der Waals surface area (Å²) < 4.78 is 35.7. The van der Waals surface area contributed by atoms with Crippen molar-refractivity contribution in [1.82, 2.24) is 0 Å². The molecule has 0 aliphatic rings. The van der Waals surface area contributed by atoms with Crippen LogP contribution in [0.25, 0.3) is 0 Å². The highest BCUT2D eigenvalue weighted by atomic mass is 35.5. The Morgan fingerprint density at radius 3 is 2.24 bits per heavy atom. The number of nitrogens with one attached hydrogen (secondary N) is 1. The van der Waals surface area contributed by atoms with Crippen molar-refractivity contribution in [2.24, 2.45) is 0 Å². The highest BCUT2D eigenvalue weighted by molar-refractivity contribution is 7.92. The Bertz CT molecular complexity index is 1010. The molecule has 0 spiro atoms. The van der Waals surface area contributed by atoms with Crippen LogP contribution in [-0.4, -0.2) is 46.8 Å². The van der Waals surface area contributed by atoms with Gasteiger partial charge < -0.3 is 14.8 Å². The van der Waals surface area contributed by atoms with Gasteiger partial charge in [-0.15, -0.1) is 0 Å². The maximum atomic E-state index is 12.8. The van der Waals surface area contributed by atoms with Crippen LogP contribution in [0.3, 0.4) is 0 Å². The average Bonchev–Trinajstić information content (AvgIpc) is 2.67. The molecule has 29 heavy (non-hydrogen) atoms. The maximum Gasteiger partial charge on any atom is 0.337 e. The van der Waals surface area contributed by atoms with Crippen molar-refractivity contribution in [2.45, 2.75) is 13.0 Å². The van der Waals surface area contributed by atoms with Gasteiger partial charge in [-0.3, -0.25) is 9.10 Å². The van der Waals surface area contributed by atoms with Crippen LogP contribution in [0.1, 0.15) is 17.3 Å². The van der Waals surface area contributed by atoms with Crippen molar-refractivity contribution in [3.63, 3.8) is 0 Å². The number of anilines is 2. The van der Waals surface area contributed by atoms with Crippen LogP contribution in [0.2, 0.25) is 5.02 Å². The molecule has 1 N–H and O–H groups in total. The van der Waals surface area contributed by atoms with Crippen molar-refractivity contribution in [3.05, 3.63) is 53.1 Å². The van der Waals surface area contributed by atoms with Gasteiger partial charge in [0.15, 0.2) is 0 Å². The molecular weight excluding hydrogens is 420 g/mol. The lowest BCUT2D eigenvalue weighted by atomic mass is 10.2. The van der Waals surface area contributed by atoms with Crippen LogP contribution < -0.4 is 14.4 Å². The average molecular weight is 441 g/mol. The van der Waals surface area contributed by atoms with Crippen LogP contribution in [-0.2, 0) is 19.6 Å². The number of amides is 1. The van der Waals surface area contributed by atoms with Gasteiger partial charge >= 0.3 is 5.97 Å². The van der Waals surface area contributed by atoms with Gasteiger partial charge in [0.25, 0.3) is 0 Å². The van der Waals surface area contributed by atoms with E-state index in [2.05, 4.69) is 10.1 Å². The number of hydrogen-bond acceptors (Lipinski definition) is 6. The van der Waals surface area contributed by atoms with Crippen LogP contribution in [0.5, 0.6) is 5.75 Å². The molecule has 0 aromatic heterocycles. The number of sulfonamides is 1. The van der Waals surface area contributed by atoms with Gasteiger partial charge in [-0.1, -0.05) is 11.6 Å². The third-order valence-corrected chi connectivity index (χ3v) is 5.50. The zero-order chi connectivity index (χ0) is 21.8. The molecule has 1 amide bonds. The third kappa shape index (κ3) is 5.39. The molecule has 0 unspecified atom stereocenters. The Morgan fingerprint density at radius 2 is 1.72 bits per heavy atom. The summed E-state index contributed by atoms with van der Waals surface area (Å²) in [7, 11) is -1.20. The molecule has 0 heterocycles. The normalized spacial score (nSPS) is 12.0. The van der Waals surface area contributed by atoms with Crippen LogP contribution in [0, 0.1) is 0 Å². The fourth-order valence-corrected chi connectivity index (χ4v) is 4.01. The van der Waals surface area contributed by atoms with Gasteiger partial charge in [0.1, 0.15) is 11.8 Å². The monoisotopic (exact) mass is 440 g/mol. The lowest BCUT2D eigenvalue weighted by molar-refractivity contribution is -0.116. The topological polar surface area (TPSA) is 102 Å². The summed E-state index contributed by atoms with van der Waals surface area (Å²) in [6.45, 7) is 1.44. The van der Waals surface area contributed by atoms with E-state index in [0.29, 0.717) is 16.3 Å². The third-order valence-electron chi connectivity index (χ3n) is 4.04. The molecule has 10 heteroatoms. The van der Waals surface area contributed by atoms with E-state index in [1.165, 1.54) is 57.5 Å². The number of benzene rings is 2. The Labute approximate surface area is 174 Å². The first kappa shape index (κ1) is 22.5. The summed E-state index contributed by atoms with van der Waals surface area (Å²) in [5, 5.41) is 2.92. The van der Waals surface area contributed by atoms with E-state index in [1.54, 1.807) is 6.07 Å². The minimum Gasteiger partial charge on any atom is -0.495 e. The number of halogens is 1. The van der Waals surface area contributed by atoms with Gasteiger partial charge in [-0.2, -0.15) is 0 Å². The van der Waals surface area contributed by atoms with E-state index >= 15 is 0 Å². The summed E-state index contributed by atoms with van der Waals surface area (Å²) in [5.41, 5.74) is 0.854. The molecule has 0 radical (unpaired) electrons. The highest BCUT2D eigenvalue weighted by Crippen LogP contribution is 2.34. The first-order valence-electron chi connectivity index (χ1n) is 8.40. The predicted molar refractivity (Wildman–Crippen MR) is 111 cm³/mol. The lowest BCUT2D eigenvalue weighted by Crippen LogP contribution is -2.45. The molecule has 2 aromatic rings. The molecule has 2 rings (SSSR count). The van der Waals surface area contributed by atoms with E-state index in [9.17, 15) is 18.0 Å². The molecule has 0 aliphatic carbocycles. The number of ether oxygens (including phenoxy) is 2. The molecule has 156 valence electrons. The second-order valence-corrected chi connectivity index (χ2v) is 8.41. The van der Waals surface area contributed by atoms with Crippen molar-refractivity contribution in [3.8, 4) is 5.75 Å². The highest BCUT2D eigenvalue weighted by Gasteiger charge is 2.31. The Kier molecular flexibility index (Phi) is 7.10. The van der Waals surface area contributed by atoms with Gasteiger partial charge in [0.05, 0.1) is 31.7 Å². The number of rotatable bonds is 7. The zero-order valence-corrected chi connectivity index (χ0v) is 17.9. The molecule has 0 bridgehead atoms. The molecule has 0 aliphatic heterocycles. The molecule has 2 aromatic carbocycles. The van der Waals surface area contributed by atoms with E-state index < -0.39 is 27.9 Å². The molecule has 0 saturated carbocycles. The second-order valence-electron chi connectivity index (χ2n) is 6.11. The Balaban J connectivity index is 2.33. The van der Waals surface area contributed by atoms with E-state index in [-0.39, 0.29) is 11.4 Å². The summed E-state index contributed by atoms with van der Waals surface area (Å²) in [6.07, 6.45) is 0.988. The summed E-state index contributed by atoms with van der Waals surface area (Å²) in [4.78, 5) is 24.2. The minimum absolute atomic E-state index is 0.145. The second kappa shape index (κ2) is 9.15. The van der Waals surface area contributed by atoms with Crippen LogP contribution in [0.4, 0.5) is 11.4 Å². The summed E-state index contributed by atoms with van der Waals surface area (Å²) in [5.74, 6) is -0.835. The fraction of sp³-hybridized carbons (Fsp3) is 0.263. The van der Waals surface area contributed by atoms with Crippen LogP contribution in [0.15, 0.2) is 42.5 Å². The number of esters is 1. The van der Waals surface area contributed by atoms with Crippen LogP contribution >= 0.6 is 11.6 Å². The number of carbonyl (C=O) groups is 2. The summed E-state index contributed by atoms with van der Waals surface area (Å²) >= 11 is 6.02. The first-order chi connectivity index (χ1) is 13.6. The molecular formula is C19H21ClN2O6S. The van der Waals surface area contributed by atoms with Crippen molar-refractivity contribution in [2.75, 3.05) is 30.1 Å². The molecule has 8 nitrogen and oxygen atoms in total. The molecule has 0 saturated heterocycles. The molecule has 0 fully saturated rings. The van der Waals surface area contributed by atoms with Gasteiger partial charge in [0.2, 0.25) is 15.9 Å². The van der Waals surface area contributed by atoms with E-state index in [4.69, 9.17) is 16.3 Å². The molecule has 1 atom stereocenters. The smallest absolute Gasteiger partial charge is 0.337 e. The number of hydrogen-bond donors (Lipinski definition) is 1. The maximum absolute atomic E-state index is 12.8. The lowest BCUT2D eigenvalue weighted by Gasteiger charge is -2.29. The zero-order valence-electron chi connectivity index (χ0n) is 16.3. The first-order valence-corrected chi connectivity index (χ1v) is 10.6. The van der Waals surface area contributed by atoms with Gasteiger partial charge in [-0.25, -0.2) is 13.2 Å². The largest absolute Gasteiger partial charge is 0.495 e. The number of methoxy groups -OCH3 is 2. The predicted octanol–water partition coefficient (Wildman–Crippen LogP) is 2.93. The van der Waals surface area contributed by atoms with Gasteiger partial charge in [-0.05, 0) is 49.4 Å². The Morgan fingerprint density at radius 1 is 1.10 bits per heavy atom. The van der Waals surface area contributed by atoms with Crippen molar-refractivity contribution < 1.29 is 27.5 Å². The quantitative estimate of drug-likeness (QED) is 0.664. The Hall–Kier alpha value is -2.78. The minimum atomic E-state index is -3.85. The van der Waals surface area contributed by atoms with Crippen molar-refractivity contribution in [1.29, 1.82) is 0 Å². The van der Waals surface area contributed by atoms with Gasteiger partial charge in [0, 0.05) is 10.7 Å². The fourth-order valence-electron chi connectivity index (χ4n) is 2.67. The van der Waals surface area contributed by atoms with Crippen molar-refractivity contribution >= 4 is 44.9 Å². The standard InChI is InChI=1S/C19H21ClN2O6S/c1-12(18(23)21-15-8-5-13(6-9-15)19(24)28-3)22(29(4,25)26)16-11-14(20)7-10-17(16)27-2/h5-12H,1-4H3,(H,21,23)/t12-/m1/s1. The summed E-state index contributed by atoms with van der Waals surface area (Å²) in [6, 6.07) is 9.38. The van der Waals surface area contributed by atoms with E-state index in [1.807, 2.05) is 0 Å². The number of carbonyl (C=O) groups excluding carboxylic acids is 2. The van der Waals surface area contributed by atoms with E-state index in [0.717, 1.165) is 10.6 Å². The number of nitrogens with zero attached hydrogens (tertiary/aromatic N) is 1. The SMILES string of the molecule is COC(=O)c1ccc(NC(=O)[C@@H](C)N(c2cc(Cl)ccc2OC)S(C)(=O)=O)cc1.